The van der Waals surface area contributed by atoms with Crippen molar-refractivity contribution >= 4 is 23.2 Å². The first kappa shape index (κ1) is 11.3. The molecule has 0 saturated heterocycles. The van der Waals surface area contributed by atoms with Crippen molar-refractivity contribution in [1.82, 2.24) is 10.2 Å². The summed E-state index contributed by atoms with van der Waals surface area (Å²) in [5, 5.41) is 10.0. The molecule has 2 atom stereocenters. The van der Waals surface area contributed by atoms with Crippen molar-refractivity contribution in [2.24, 2.45) is 5.92 Å². The molecular weight excluding hydrogens is 250 g/mol. The molecule has 1 aromatic heterocycles. The molecule has 1 aliphatic carbocycles. The van der Waals surface area contributed by atoms with Gasteiger partial charge in [-0.1, -0.05) is 23.7 Å². The van der Waals surface area contributed by atoms with Crippen LogP contribution in [0, 0.1) is 5.92 Å². The fraction of sp³-hybridized carbons (Fsp3) is 0.231. The van der Waals surface area contributed by atoms with Crippen molar-refractivity contribution in [3.63, 3.8) is 0 Å². The minimum atomic E-state index is 0.0522. The average Bonchev–Trinajstić information content (AvgIpc) is 3.01. The summed E-state index contributed by atoms with van der Waals surface area (Å²) >= 11 is 5.84. The highest BCUT2D eigenvalue weighted by Crippen LogP contribution is 2.48. The van der Waals surface area contributed by atoms with Crippen LogP contribution < -0.4 is 5.32 Å². The standard InChI is InChI=1S/C13H12ClN3O/c14-9-3-1-8(2-4-9)11-5-12(11)13(18)17-10-6-15-16-7-10/h1-4,6-7,11-12H,5H2,(H,15,16)(H,17,18). The third kappa shape index (κ3) is 2.24. The third-order valence-corrected chi connectivity index (χ3v) is 3.44. The summed E-state index contributed by atoms with van der Waals surface area (Å²) in [5.41, 5.74) is 1.88. The first-order valence-corrected chi connectivity index (χ1v) is 6.17. The molecule has 3 rings (SSSR count). The molecule has 1 saturated carbocycles. The number of nitrogens with one attached hydrogen (secondary N) is 2. The maximum atomic E-state index is 11.9. The molecule has 1 aromatic carbocycles. The fourth-order valence-electron chi connectivity index (χ4n) is 2.12. The van der Waals surface area contributed by atoms with Crippen LogP contribution in [0.25, 0.3) is 0 Å². The molecule has 2 unspecified atom stereocenters. The molecular formula is C13H12ClN3O. The predicted molar refractivity (Wildman–Crippen MR) is 69.5 cm³/mol. The number of nitrogens with zero attached hydrogens (tertiary/aromatic N) is 1. The molecule has 92 valence electrons. The highest BCUT2D eigenvalue weighted by molar-refractivity contribution is 6.30. The predicted octanol–water partition coefficient (Wildman–Crippen LogP) is 2.81. The van der Waals surface area contributed by atoms with Crippen LogP contribution in [-0.4, -0.2) is 16.1 Å². The summed E-state index contributed by atoms with van der Waals surface area (Å²) in [6.45, 7) is 0. The summed E-state index contributed by atoms with van der Waals surface area (Å²) < 4.78 is 0. The number of hydrogen-bond acceptors (Lipinski definition) is 2. The highest BCUT2D eigenvalue weighted by atomic mass is 35.5. The normalized spacial score (nSPS) is 21.6. The molecule has 1 heterocycles. The average molecular weight is 262 g/mol. The van der Waals surface area contributed by atoms with E-state index in [0.29, 0.717) is 11.6 Å². The zero-order valence-electron chi connectivity index (χ0n) is 9.56. The quantitative estimate of drug-likeness (QED) is 0.893. The molecule has 18 heavy (non-hydrogen) atoms. The largest absolute Gasteiger partial charge is 0.323 e. The van der Waals surface area contributed by atoms with E-state index in [1.54, 1.807) is 12.4 Å². The molecule has 1 amide bonds. The molecule has 5 heteroatoms. The number of halogens is 1. The topological polar surface area (TPSA) is 57.8 Å². The van der Waals surface area contributed by atoms with Gasteiger partial charge in [0, 0.05) is 17.1 Å². The maximum absolute atomic E-state index is 11.9. The number of anilines is 1. The first-order valence-electron chi connectivity index (χ1n) is 5.79. The summed E-state index contributed by atoms with van der Waals surface area (Å²) in [6.07, 6.45) is 4.15. The van der Waals surface area contributed by atoms with Gasteiger partial charge >= 0.3 is 0 Å². The number of hydrogen-bond donors (Lipinski definition) is 2. The Balaban J connectivity index is 1.63. The van der Waals surface area contributed by atoms with Gasteiger partial charge in [0.1, 0.15) is 0 Å². The van der Waals surface area contributed by atoms with Crippen molar-refractivity contribution in [1.29, 1.82) is 0 Å². The third-order valence-electron chi connectivity index (χ3n) is 3.19. The van der Waals surface area contributed by atoms with Gasteiger partial charge in [-0.25, -0.2) is 0 Å². The minimum absolute atomic E-state index is 0.0522. The Kier molecular flexibility index (Phi) is 2.80. The lowest BCUT2D eigenvalue weighted by atomic mass is 10.1. The van der Waals surface area contributed by atoms with Crippen molar-refractivity contribution in [3.05, 3.63) is 47.2 Å². The molecule has 2 N–H and O–H groups in total. The maximum Gasteiger partial charge on any atom is 0.228 e. The second-order valence-electron chi connectivity index (χ2n) is 4.48. The summed E-state index contributed by atoms with van der Waals surface area (Å²) in [4.78, 5) is 11.9. The van der Waals surface area contributed by atoms with Crippen LogP contribution >= 0.6 is 11.6 Å². The number of rotatable bonds is 3. The van der Waals surface area contributed by atoms with E-state index in [2.05, 4.69) is 15.5 Å². The molecule has 0 radical (unpaired) electrons. The van der Waals surface area contributed by atoms with Crippen LogP contribution in [0.1, 0.15) is 17.9 Å². The number of benzene rings is 1. The van der Waals surface area contributed by atoms with Crippen molar-refractivity contribution in [3.8, 4) is 0 Å². The van der Waals surface area contributed by atoms with Crippen LogP contribution in [0.5, 0.6) is 0 Å². The van der Waals surface area contributed by atoms with Gasteiger partial charge in [-0.3, -0.25) is 9.89 Å². The molecule has 1 fully saturated rings. The van der Waals surface area contributed by atoms with Crippen molar-refractivity contribution in [2.45, 2.75) is 12.3 Å². The summed E-state index contributed by atoms with van der Waals surface area (Å²) in [6, 6.07) is 7.69. The van der Waals surface area contributed by atoms with Gasteiger partial charge in [-0.15, -0.1) is 0 Å². The number of carbonyl (C=O) groups excluding carboxylic acids is 1. The van der Waals surface area contributed by atoms with Crippen LogP contribution in [0.2, 0.25) is 5.02 Å². The van der Waals surface area contributed by atoms with Gasteiger partial charge in [-0.05, 0) is 30.0 Å². The van der Waals surface area contributed by atoms with Gasteiger partial charge in [0.15, 0.2) is 0 Å². The Hall–Kier alpha value is -1.81. The van der Waals surface area contributed by atoms with E-state index in [1.807, 2.05) is 24.3 Å². The number of aromatic nitrogens is 2. The van der Waals surface area contributed by atoms with E-state index in [1.165, 1.54) is 5.56 Å². The number of carbonyl (C=O) groups is 1. The Bertz CT molecular complexity index is 550. The minimum Gasteiger partial charge on any atom is -0.323 e. The van der Waals surface area contributed by atoms with Crippen LogP contribution in [0.4, 0.5) is 5.69 Å². The molecule has 0 aliphatic heterocycles. The fourth-order valence-corrected chi connectivity index (χ4v) is 2.24. The summed E-state index contributed by atoms with van der Waals surface area (Å²) in [5.74, 6) is 0.423. The molecule has 0 spiro atoms. The van der Waals surface area contributed by atoms with Crippen molar-refractivity contribution in [2.75, 3.05) is 5.32 Å². The Morgan fingerprint density at radius 1 is 1.39 bits per heavy atom. The Morgan fingerprint density at radius 3 is 2.83 bits per heavy atom. The van der Waals surface area contributed by atoms with E-state index < -0.39 is 0 Å². The highest BCUT2D eigenvalue weighted by Gasteiger charge is 2.43. The van der Waals surface area contributed by atoms with Crippen LogP contribution in [0.3, 0.4) is 0 Å². The van der Waals surface area contributed by atoms with E-state index in [9.17, 15) is 4.79 Å². The monoisotopic (exact) mass is 261 g/mol. The van der Waals surface area contributed by atoms with Crippen LogP contribution in [-0.2, 0) is 4.79 Å². The van der Waals surface area contributed by atoms with Crippen LogP contribution in [0.15, 0.2) is 36.7 Å². The lowest BCUT2D eigenvalue weighted by molar-refractivity contribution is -0.117. The second kappa shape index (κ2) is 4.46. The van der Waals surface area contributed by atoms with Crippen molar-refractivity contribution < 1.29 is 4.79 Å². The second-order valence-corrected chi connectivity index (χ2v) is 4.91. The lowest BCUT2D eigenvalue weighted by Gasteiger charge is -2.02. The lowest BCUT2D eigenvalue weighted by Crippen LogP contribution is -2.14. The SMILES string of the molecule is O=C(Nc1cn[nH]c1)C1CC1c1ccc(Cl)cc1. The van der Waals surface area contributed by atoms with Gasteiger partial charge in [0.25, 0.3) is 0 Å². The van der Waals surface area contributed by atoms with Gasteiger partial charge in [-0.2, -0.15) is 5.10 Å². The molecule has 1 aliphatic rings. The van der Waals surface area contributed by atoms with Gasteiger partial charge in [0.05, 0.1) is 11.9 Å². The molecule has 4 nitrogen and oxygen atoms in total. The zero-order chi connectivity index (χ0) is 12.5. The van der Waals surface area contributed by atoms with E-state index in [4.69, 9.17) is 11.6 Å². The zero-order valence-corrected chi connectivity index (χ0v) is 10.3. The number of aromatic amines is 1. The number of H-pyrrole nitrogens is 1. The summed E-state index contributed by atoms with van der Waals surface area (Å²) in [7, 11) is 0. The van der Waals surface area contributed by atoms with E-state index >= 15 is 0 Å². The smallest absolute Gasteiger partial charge is 0.228 e. The van der Waals surface area contributed by atoms with Gasteiger partial charge < -0.3 is 5.32 Å². The number of amides is 1. The Morgan fingerprint density at radius 2 is 2.17 bits per heavy atom. The Labute approximate surface area is 109 Å². The van der Waals surface area contributed by atoms with Gasteiger partial charge in [0.2, 0.25) is 5.91 Å². The first-order chi connectivity index (χ1) is 8.74. The van der Waals surface area contributed by atoms with E-state index in [-0.39, 0.29) is 11.8 Å². The van der Waals surface area contributed by atoms with E-state index in [0.717, 1.165) is 11.4 Å². The molecule has 0 bridgehead atoms. The molecule has 2 aromatic rings.